The van der Waals surface area contributed by atoms with Gasteiger partial charge in [-0.2, -0.15) is 0 Å². The van der Waals surface area contributed by atoms with Crippen molar-refractivity contribution in [1.82, 2.24) is 9.88 Å². The fourth-order valence-corrected chi connectivity index (χ4v) is 1.74. The molecule has 0 aromatic carbocycles. The van der Waals surface area contributed by atoms with Gasteiger partial charge in [-0.1, -0.05) is 13.8 Å². The number of nitrogens with two attached hydrogens (primary N) is 1. The average Bonchev–Trinajstić information content (AvgIpc) is 2.28. The molecule has 1 aromatic rings. The highest BCUT2D eigenvalue weighted by Gasteiger charge is 2.22. The standard InChI is InChI=1S/C13H22FN3/c1-10(12-6-5-11(14)7-16-12)17(4)9-13(2,3)8-15/h5-7,10H,8-9,15H2,1-4H3. The minimum atomic E-state index is -0.300. The molecule has 1 rings (SSSR count). The summed E-state index contributed by atoms with van der Waals surface area (Å²) >= 11 is 0. The zero-order valence-electron chi connectivity index (χ0n) is 11.1. The zero-order valence-corrected chi connectivity index (χ0v) is 11.1. The maximum atomic E-state index is 12.8. The molecule has 0 aliphatic rings. The van der Waals surface area contributed by atoms with Crippen molar-refractivity contribution in [2.24, 2.45) is 11.1 Å². The highest BCUT2D eigenvalue weighted by atomic mass is 19.1. The predicted molar refractivity (Wildman–Crippen MR) is 68.1 cm³/mol. The summed E-state index contributed by atoms with van der Waals surface area (Å²) < 4.78 is 12.8. The maximum Gasteiger partial charge on any atom is 0.141 e. The van der Waals surface area contributed by atoms with Crippen molar-refractivity contribution >= 4 is 0 Å². The van der Waals surface area contributed by atoms with Gasteiger partial charge < -0.3 is 5.73 Å². The van der Waals surface area contributed by atoms with Gasteiger partial charge in [0.1, 0.15) is 5.82 Å². The van der Waals surface area contributed by atoms with Crippen molar-refractivity contribution in [2.45, 2.75) is 26.8 Å². The largest absolute Gasteiger partial charge is 0.330 e. The molecule has 0 saturated carbocycles. The molecule has 0 aliphatic carbocycles. The third kappa shape index (κ3) is 4.06. The summed E-state index contributed by atoms with van der Waals surface area (Å²) in [6, 6.07) is 3.33. The van der Waals surface area contributed by atoms with Crippen LogP contribution in [0.1, 0.15) is 32.5 Å². The molecule has 4 heteroatoms. The van der Waals surface area contributed by atoms with Gasteiger partial charge in [0.2, 0.25) is 0 Å². The summed E-state index contributed by atoms with van der Waals surface area (Å²) in [7, 11) is 2.03. The van der Waals surface area contributed by atoms with Gasteiger partial charge in [0.15, 0.2) is 0 Å². The molecule has 2 N–H and O–H groups in total. The van der Waals surface area contributed by atoms with Gasteiger partial charge in [-0.3, -0.25) is 9.88 Å². The van der Waals surface area contributed by atoms with E-state index >= 15 is 0 Å². The van der Waals surface area contributed by atoms with Gasteiger partial charge in [0, 0.05) is 12.6 Å². The van der Waals surface area contributed by atoms with Gasteiger partial charge >= 0.3 is 0 Å². The van der Waals surface area contributed by atoms with E-state index in [1.807, 2.05) is 7.05 Å². The van der Waals surface area contributed by atoms with E-state index in [1.165, 1.54) is 12.3 Å². The van der Waals surface area contributed by atoms with Crippen LogP contribution in [0.2, 0.25) is 0 Å². The molecule has 1 aromatic heterocycles. The first-order valence-electron chi connectivity index (χ1n) is 5.87. The van der Waals surface area contributed by atoms with Crippen LogP contribution >= 0.6 is 0 Å². The molecule has 96 valence electrons. The van der Waals surface area contributed by atoms with E-state index in [2.05, 4.69) is 30.7 Å². The predicted octanol–water partition coefficient (Wildman–Crippen LogP) is 2.20. The molecular formula is C13H22FN3. The summed E-state index contributed by atoms with van der Waals surface area (Å²) in [5.41, 5.74) is 6.67. The third-order valence-electron chi connectivity index (χ3n) is 3.07. The van der Waals surface area contributed by atoms with Crippen molar-refractivity contribution in [3.8, 4) is 0 Å². The smallest absolute Gasteiger partial charge is 0.141 e. The molecule has 0 aliphatic heterocycles. The van der Waals surface area contributed by atoms with Gasteiger partial charge in [-0.25, -0.2) is 4.39 Å². The van der Waals surface area contributed by atoms with E-state index in [4.69, 9.17) is 5.73 Å². The topological polar surface area (TPSA) is 42.2 Å². The van der Waals surface area contributed by atoms with Crippen molar-refractivity contribution < 1.29 is 4.39 Å². The van der Waals surface area contributed by atoms with Crippen LogP contribution in [0.4, 0.5) is 4.39 Å². The first-order chi connectivity index (χ1) is 7.85. The number of hydrogen-bond donors (Lipinski definition) is 1. The van der Waals surface area contributed by atoms with E-state index in [-0.39, 0.29) is 17.3 Å². The minimum absolute atomic E-state index is 0.0725. The quantitative estimate of drug-likeness (QED) is 0.856. The lowest BCUT2D eigenvalue weighted by molar-refractivity contribution is 0.171. The Kier molecular flexibility index (Phi) is 4.60. The van der Waals surface area contributed by atoms with Gasteiger partial charge in [-0.15, -0.1) is 0 Å². The first-order valence-corrected chi connectivity index (χ1v) is 5.87. The van der Waals surface area contributed by atoms with E-state index in [9.17, 15) is 4.39 Å². The minimum Gasteiger partial charge on any atom is -0.330 e. The summed E-state index contributed by atoms with van der Waals surface area (Å²) in [6.07, 6.45) is 1.26. The number of pyridine rings is 1. The van der Waals surface area contributed by atoms with Crippen molar-refractivity contribution in [1.29, 1.82) is 0 Å². The zero-order chi connectivity index (χ0) is 13.1. The lowest BCUT2D eigenvalue weighted by atomic mass is 9.92. The molecule has 0 bridgehead atoms. The molecule has 0 radical (unpaired) electrons. The van der Waals surface area contributed by atoms with Crippen LogP contribution in [0.15, 0.2) is 18.3 Å². The second kappa shape index (κ2) is 5.56. The number of hydrogen-bond acceptors (Lipinski definition) is 3. The van der Waals surface area contributed by atoms with Crippen LogP contribution in [-0.4, -0.2) is 30.0 Å². The molecule has 0 saturated heterocycles. The highest BCUT2D eigenvalue weighted by molar-refractivity contribution is 5.09. The van der Waals surface area contributed by atoms with Crippen molar-refractivity contribution in [3.05, 3.63) is 29.8 Å². The Balaban J connectivity index is 2.69. The fraction of sp³-hybridized carbons (Fsp3) is 0.615. The number of halogens is 1. The summed E-state index contributed by atoms with van der Waals surface area (Å²) in [5.74, 6) is -0.300. The van der Waals surface area contributed by atoms with Crippen LogP contribution in [0.3, 0.4) is 0 Å². The lowest BCUT2D eigenvalue weighted by Crippen LogP contribution is -2.38. The molecule has 3 nitrogen and oxygen atoms in total. The van der Waals surface area contributed by atoms with Crippen LogP contribution in [0.5, 0.6) is 0 Å². The molecule has 0 amide bonds. The third-order valence-corrected chi connectivity index (χ3v) is 3.07. The van der Waals surface area contributed by atoms with E-state index in [0.717, 1.165) is 12.2 Å². The Morgan fingerprint density at radius 2 is 2.12 bits per heavy atom. The Labute approximate surface area is 103 Å². The number of nitrogens with zero attached hydrogens (tertiary/aromatic N) is 2. The van der Waals surface area contributed by atoms with Gasteiger partial charge in [0.05, 0.1) is 11.9 Å². The molecule has 17 heavy (non-hydrogen) atoms. The monoisotopic (exact) mass is 239 g/mol. The fourth-order valence-electron chi connectivity index (χ4n) is 1.74. The molecule has 1 unspecified atom stereocenters. The van der Waals surface area contributed by atoms with Crippen LogP contribution in [-0.2, 0) is 0 Å². The maximum absolute atomic E-state index is 12.8. The van der Waals surface area contributed by atoms with Crippen LogP contribution in [0, 0.1) is 11.2 Å². The van der Waals surface area contributed by atoms with Crippen LogP contribution < -0.4 is 5.73 Å². The number of rotatable bonds is 5. The van der Waals surface area contributed by atoms with Gasteiger partial charge in [-0.05, 0) is 38.1 Å². The van der Waals surface area contributed by atoms with Crippen LogP contribution in [0.25, 0.3) is 0 Å². The summed E-state index contributed by atoms with van der Waals surface area (Å²) in [5, 5.41) is 0. The van der Waals surface area contributed by atoms with Gasteiger partial charge in [0.25, 0.3) is 0 Å². The second-order valence-corrected chi connectivity index (χ2v) is 5.36. The Hall–Kier alpha value is -1.00. The summed E-state index contributed by atoms with van der Waals surface area (Å²) in [4.78, 5) is 6.29. The molecule has 0 spiro atoms. The normalized spacial score (nSPS) is 14.1. The molecule has 1 atom stereocenters. The highest BCUT2D eigenvalue weighted by Crippen LogP contribution is 2.22. The molecule has 0 fully saturated rings. The Morgan fingerprint density at radius 3 is 2.59 bits per heavy atom. The number of aromatic nitrogens is 1. The average molecular weight is 239 g/mol. The summed E-state index contributed by atoms with van der Waals surface area (Å²) in [6.45, 7) is 7.85. The van der Waals surface area contributed by atoms with Crippen molar-refractivity contribution in [2.75, 3.05) is 20.1 Å². The van der Waals surface area contributed by atoms with E-state index < -0.39 is 0 Å². The molecular weight excluding hydrogens is 217 g/mol. The Morgan fingerprint density at radius 1 is 1.47 bits per heavy atom. The van der Waals surface area contributed by atoms with Crippen molar-refractivity contribution in [3.63, 3.8) is 0 Å². The van der Waals surface area contributed by atoms with E-state index in [1.54, 1.807) is 6.07 Å². The first kappa shape index (κ1) is 14.1. The Bertz CT molecular complexity index is 348. The molecule has 1 heterocycles. The van der Waals surface area contributed by atoms with E-state index in [0.29, 0.717) is 6.54 Å². The SMILES string of the molecule is CC(c1ccc(F)cn1)N(C)CC(C)(C)CN. The second-order valence-electron chi connectivity index (χ2n) is 5.36. The lowest BCUT2D eigenvalue weighted by Gasteiger charge is -2.32.